The zero-order valence-electron chi connectivity index (χ0n) is 12.5. The van der Waals surface area contributed by atoms with E-state index < -0.39 is 17.6 Å². The second-order valence-corrected chi connectivity index (χ2v) is 4.86. The Balaban J connectivity index is 2.56. The molecule has 1 aromatic carbocycles. The molecule has 116 valence electrons. The molecule has 0 fully saturated rings. The van der Waals surface area contributed by atoms with Gasteiger partial charge in [-0.25, -0.2) is 9.37 Å². The van der Waals surface area contributed by atoms with Gasteiger partial charge in [0.25, 0.3) is 0 Å². The quantitative estimate of drug-likeness (QED) is 0.828. The number of methoxy groups -OCH3 is 1. The number of nitrogens with two attached hydrogens (primary N) is 2. The Morgan fingerprint density at radius 2 is 2.09 bits per heavy atom. The summed E-state index contributed by atoms with van der Waals surface area (Å²) < 4.78 is 19.9. The molecule has 1 heterocycles. The molecule has 0 aliphatic heterocycles. The van der Waals surface area contributed by atoms with Crippen molar-refractivity contribution >= 4 is 11.6 Å². The number of rotatable bonds is 5. The number of pyridine rings is 1. The number of nitrogen functional groups attached to an aromatic ring is 1. The number of ketones is 1. The number of carbonyl (C=O) groups is 1. The fraction of sp³-hybridized carbons (Fsp3) is 0.250. The van der Waals surface area contributed by atoms with Crippen molar-refractivity contribution in [2.75, 3.05) is 12.8 Å². The van der Waals surface area contributed by atoms with Gasteiger partial charge < -0.3 is 16.2 Å². The first-order chi connectivity index (χ1) is 10.5. The molecule has 2 rings (SSSR count). The smallest absolute Gasteiger partial charge is 0.201 e. The molecule has 1 aromatic heterocycles. The molecular weight excluding hydrogens is 285 g/mol. The minimum atomic E-state index is -0.657. The third-order valence-electron chi connectivity index (χ3n) is 3.47. The first kappa shape index (κ1) is 15.9. The highest BCUT2D eigenvalue weighted by Gasteiger charge is 2.24. The van der Waals surface area contributed by atoms with E-state index in [1.165, 1.54) is 25.4 Å². The van der Waals surface area contributed by atoms with Gasteiger partial charge in [-0.05, 0) is 24.6 Å². The highest BCUT2D eigenvalue weighted by Crippen LogP contribution is 2.30. The number of benzene rings is 1. The van der Waals surface area contributed by atoms with Crippen molar-refractivity contribution < 1.29 is 13.9 Å². The maximum absolute atomic E-state index is 14.7. The summed E-state index contributed by atoms with van der Waals surface area (Å²) in [5.41, 5.74) is 11.8. The summed E-state index contributed by atoms with van der Waals surface area (Å²) in [6.07, 6.45) is 1.86. The van der Waals surface area contributed by atoms with Crippen molar-refractivity contribution in [3.05, 3.63) is 53.0 Å². The zero-order chi connectivity index (χ0) is 16.3. The lowest BCUT2D eigenvalue weighted by Gasteiger charge is -2.15. The normalized spacial score (nSPS) is 12.0. The van der Waals surface area contributed by atoms with E-state index in [2.05, 4.69) is 4.98 Å². The summed E-state index contributed by atoms with van der Waals surface area (Å²) in [7, 11) is 1.38. The highest BCUT2D eigenvalue weighted by atomic mass is 19.1. The molecule has 4 N–H and O–H groups in total. The van der Waals surface area contributed by atoms with Crippen LogP contribution in [0.1, 0.15) is 40.9 Å². The molecule has 0 saturated heterocycles. The van der Waals surface area contributed by atoms with E-state index in [1.807, 2.05) is 6.92 Å². The van der Waals surface area contributed by atoms with Gasteiger partial charge in [-0.3, -0.25) is 4.79 Å². The van der Waals surface area contributed by atoms with Crippen molar-refractivity contribution in [2.24, 2.45) is 5.73 Å². The number of carbonyl (C=O) groups excluding carboxylic acids is 1. The molecule has 0 bridgehead atoms. The first-order valence-electron chi connectivity index (χ1n) is 6.87. The van der Waals surface area contributed by atoms with Gasteiger partial charge in [0.15, 0.2) is 0 Å². The summed E-state index contributed by atoms with van der Waals surface area (Å²) in [5.74, 6) is -0.736. The molecule has 0 spiro atoms. The fourth-order valence-corrected chi connectivity index (χ4v) is 2.15. The Morgan fingerprint density at radius 3 is 2.64 bits per heavy atom. The van der Waals surface area contributed by atoms with E-state index in [0.717, 1.165) is 0 Å². The minimum Gasteiger partial charge on any atom is -0.496 e. The highest BCUT2D eigenvalue weighted by molar-refractivity contribution is 6.11. The number of nitrogens with zero attached hydrogens (tertiary/aromatic N) is 1. The van der Waals surface area contributed by atoms with Crippen molar-refractivity contribution in [3.63, 3.8) is 0 Å². The van der Waals surface area contributed by atoms with E-state index in [9.17, 15) is 9.18 Å². The lowest BCUT2D eigenvalue weighted by atomic mass is 9.96. The van der Waals surface area contributed by atoms with E-state index in [-0.39, 0.29) is 28.3 Å². The predicted octanol–water partition coefficient (Wildman–Crippen LogP) is 2.45. The van der Waals surface area contributed by atoms with Crippen LogP contribution in [0, 0.1) is 5.82 Å². The molecule has 0 radical (unpaired) electrons. The average molecular weight is 303 g/mol. The second-order valence-electron chi connectivity index (χ2n) is 4.86. The first-order valence-corrected chi connectivity index (χ1v) is 6.87. The largest absolute Gasteiger partial charge is 0.496 e. The summed E-state index contributed by atoms with van der Waals surface area (Å²) in [4.78, 5) is 16.4. The fourth-order valence-electron chi connectivity index (χ4n) is 2.15. The molecule has 0 amide bonds. The summed E-state index contributed by atoms with van der Waals surface area (Å²) >= 11 is 0. The van der Waals surface area contributed by atoms with E-state index in [0.29, 0.717) is 6.42 Å². The van der Waals surface area contributed by atoms with E-state index >= 15 is 0 Å². The molecular formula is C16H18FN3O2. The second kappa shape index (κ2) is 6.53. The number of hydrogen-bond acceptors (Lipinski definition) is 5. The Hall–Kier alpha value is -2.47. The predicted molar refractivity (Wildman–Crippen MR) is 82.3 cm³/mol. The van der Waals surface area contributed by atoms with Crippen molar-refractivity contribution in [2.45, 2.75) is 19.4 Å². The number of aromatic nitrogens is 1. The van der Waals surface area contributed by atoms with Crippen LogP contribution in [0.25, 0.3) is 0 Å². The number of anilines is 1. The molecule has 6 heteroatoms. The van der Waals surface area contributed by atoms with Gasteiger partial charge in [0, 0.05) is 23.4 Å². The van der Waals surface area contributed by atoms with Crippen LogP contribution in [-0.4, -0.2) is 17.9 Å². The maximum Gasteiger partial charge on any atom is 0.201 e. The Labute approximate surface area is 128 Å². The number of halogens is 1. The molecule has 0 aliphatic rings. The van der Waals surface area contributed by atoms with Gasteiger partial charge in [-0.2, -0.15) is 0 Å². The van der Waals surface area contributed by atoms with Gasteiger partial charge >= 0.3 is 0 Å². The average Bonchev–Trinajstić information content (AvgIpc) is 2.53. The molecule has 0 aliphatic carbocycles. The molecule has 5 nitrogen and oxygen atoms in total. The maximum atomic E-state index is 14.7. The lowest BCUT2D eigenvalue weighted by Crippen LogP contribution is -2.15. The SMILES string of the molecule is CCC(N)c1ccc(OC)c(C(=O)c2ccc(N)nc2)c1F. The van der Waals surface area contributed by atoms with Gasteiger partial charge in [0.2, 0.25) is 5.78 Å². The molecule has 0 saturated carbocycles. The minimum absolute atomic E-state index is 0.143. The van der Waals surface area contributed by atoms with Gasteiger partial charge in [-0.1, -0.05) is 13.0 Å². The van der Waals surface area contributed by atoms with Crippen LogP contribution in [0.3, 0.4) is 0 Å². The van der Waals surface area contributed by atoms with Crippen molar-refractivity contribution in [1.82, 2.24) is 4.98 Å². The summed E-state index contributed by atoms with van der Waals surface area (Å²) in [6, 6.07) is 5.59. The van der Waals surface area contributed by atoms with Gasteiger partial charge in [0.1, 0.15) is 22.9 Å². The number of ether oxygens (including phenoxy) is 1. The summed E-state index contributed by atoms with van der Waals surface area (Å²) in [6.45, 7) is 1.85. The Morgan fingerprint density at radius 1 is 1.36 bits per heavy atom. The zero-order valence-corrected chi connectivity index (χ0v) is 12.5. The molecule has 22 heavy (non-hydrogen) atoms. The van der Waals surface area contributed by atoms with Crippen LogP contribution < -0.4 is 16.2 Å². The van der Waals surface area contributed by atoms with Crippen LogP contribution >= 0.6 is 0 Å². The third-order valence-corrected chi connectivity index (χ3v) is 3.47. The van der Waals surface area contributed by atoms with Crippen LogP contribution in [0.4, 0.5) is 10.2 Å². The summed E-state index contributed by atoms with van der Waals surface area (Å²) in [5, 5.41) is 0. The monoisotopic (exact) mass is 303 g/mol. The third kappa shape index (κ3) is 2.92. The number of hydrogen-bond donors (Lipinski definition) is 2. The van der Waals surface area contributed by atoms with E-state index in [1.54, 1.807) is 12.1 Å². The van der Waals surface area contributed by atoms with Crippen LogP contribution in [0.15, 0.2) is 30.5 Å². The Kier molecular flexibility index (Phi) is 4.72. The van der Waals surface area contributed by atoms with Crippen LogP contribution in [0.5, 0.6) is 5.75 Å². The van der Waals surface area contributed by atoms with Crippen molar-refractivity contribution in [1.29, 1.82) is 0 Å². The standard InChI is InChI=1S/C16H18FN3O2/c1-3-11(18)10-5-6-12(22-2)14(15(10)17)16(21)9-4-7-13(19)20-8-9/h4-8,11H,3,18H2,1-2H3,(H2,19,20). The van der Waals surface area contributed by atoms with Crippen LogP contribution in [0.2, 0.25) is 0 Å². The van der Waals surface area contributed by atoms with Crippen LogP contribution in [-0.2, 0) is 0 Å². The van der Waals surface area contributed by atoms with Gasteiger partial charge in [0.05, 0.1) is 7.11 Å². The molecule has 1 atom stereocenters. The van der Waals surface area contributed by atoms with Gasteiger partial charge in [-0.15, -0.1) is 0 Å². The lowest BCUT2D eigenvalue weighted by molar-refractivity contribution is 0.103. The molecule has 2 aromatic rings. The van der Waals surface area contributed by atoms with E-state index in [4.69, 9.17) is 16.2 Å². The topological polar surface area (TPSA) is 91.2 Å². The van der Waals surface area contributed by atoms with Crippen molar-refractivity contribution in [3.8, 4) is 5.75 Å². The Bertz CT molecular complexity index is 687. The molecule has 1 unspecified atom stereocenters.